The van der Waals surface area contributed by atoms with Gasteiger partial charge in [0.2, 0.25) is 5.88 Å². The number of carbonyl (C=O) groups excluding carboxylic acids is 1. The Balaban J connectivity index is 1.60. The van der Waals surface area contributed by atoms with Gasteiger partial charge in [0.25, 0.3) is 5.91 Å². The minimum Gasteiger partial charge on any atom is -0.493 e. The number of hydrogen-bond acceptors (Lipinski definition) is 10. The lowest BCUT2D eigenvalue weighted by atomic mass is 10.1. The van der Waals surface area contributed by atoms with E-state index in [1.54, 1.807) is 28.4 Å². The third-order valence-corrected chi connectivity index (χ3v) is 6.82. The van der Waals surface area contributed by atoms with Crippen molar-refractivity contribution in [2.24, 2.45) is 0 Å². The van der Waals surface area contributed by atoms with Gasteiger partial charge in [0, 0.05) is 18.1 Å². The van der Waals surface area contributed by atoms with Crippen LogP contribution in [0.1, 0.15) is 21.1 Å². The summed E-state index contributed by atoms with van der Waals surface area (Å²) < 4.78 is 21.2. The second-order valence-electron chi connectivity index (χ2n) is 6.88. The summed E-state index contributed by atoms with van der Waals surface area (Å²) in [7, 11) is 6.28. The number of nitrogens with zero attached hydrogens (tertiary/aromatic N) is 3. The third-order valence-electron chi connectivity index (χ3n) is 4.88. The zero-order valence-corrected chi connectivity index (χ0v) is 20.3. The van der Waals surface area contributed by atoms with E-state index in [0.717, 1.165) is 22.2 Å². The second kappa shape index (κ2) is 9.69. The van der Waals surface area contributed by atoms with Gasteiger partial charge in [-0.1, -0.05) is 0 Å². The minimum absolute atomic E-state index is 0.253. The van der Waals surface area contributed by atoms with E-state index in [2.05, 4.69) is 20.3 Å². The van der Waals surface area contributed by atoms with E-state index in [9.17, 15) is 4.79 Å². The summed E-state index contributed by atoms with van der Waals surface area (Å²) in [6, 6.07) is 5.55. The van der Waals surface area contributed by atoms with Crippen LogP contribution in [0.2, 0.25) is 0 Å². The van der Waals surface area contributed by atoms with E-state index < -0.39 is 0 Å². The van der Waals surface area contributed by atoms with Crippen molar-refractivity contribution in [1.82, 2.24) is 15.0 Å². The zero-order valence-electron chi connectivity index (χ0n) is 18.7. The van der Waals surface area contributed by atoms with Crippen LogP contribution in [0.4, 0.5) is 5.13 Å². The van der Waals surface area contributed by atoms with Gasteiger partial charge in [0.15, 0.2) is 22.5 Å². The number of rotatable bonds is 8. The first-order valence-corrected chi connectivity index (χ1v) is 11.5. The van der Waals surface area contributed by atoms with Crippen molar-refractivity contribution in [2.75, 3.05) is 33.8 Å². The van der Waals surface area contributed by atoms with Gasteiger partial charge >= 0.3 is 0 Å². The molecular formula is C22H22N4O5S2. The number of methoxy groups -OCH3 is 4. The number of amides is 1. The quantitative estimate of drug-likeness (QED) is 0.387. The van der Waals surface area contributed by atoms with Crippen molar-refractivity contribution in [1.29, 1.82) is 0 Å². The molecular weight excluding hydrogens is 464 g/mol. The highest BCUT2D eigenvalue weighted by Crippen LogP contribution is 2.36. The number of thiophene rings is 1. The van der Waals surface area contributed by atoms with Gasteiger partial charge in [0.1, 0.15) is 11.4 Å². The topological polar surface area (TPSA) is 105 Å². The molecule has 9 nitrogen and oxygen atoms in total. The fourth-order valence-electron chi connectivity index (χ4n) is 3.32. The van der Waals surface area contributed by atoms with Crippen LogP contribution in [-0.2, 0) is 11.3 Å². The molecule has 3 heterocycles. The van der Waals surface area contributed by atoms with Crippen molar-refractivity contribution in [3.05, 3.63) is 39.8 Å². The average molecular weight is 487 g/mol. The Morgan fingerprint density at radius 1 is 1.03 bits per heavy atom. The molecule has 0 aliphatic heterocycles. The number of anilines is 1. The molecule has 33 heavy (non-hydrogen) atoms. The Morgan fingerprint density at radius 2 is 1.82 bits per heavy atom. The van der Waals surface area contributed by atoms with Gasteiger partial charge in [-0.15, -0.1) is 22.7 Å². The lowest BCUT2D eigenvalue weighted by Crippen LogP contribution is -2.11. The van der Waals surface area contributed by atoms with Crippen molar-refractivity contribution in [2.45, 2.75) is 13.5 Å². The first kappa shape index (κ1) is 22.9. The molecule has 0 unspecified atom stereocenters. The zero-order chi connectivity index (χ0) is 23.5. The van der Waals surface area contributed by atoms with Gasteiger partial charge in [-0.05, 0) is 30.7 Å². The maximum atomic E-state index is 13.1. The van der Waals surface area contributed by atoms with Crippen molar-refractivity contribution >= 4 is 43.9 Å². The lowest BCUT2D eigenvalue weighted by molar-refractivity contribution is 0.103. The van der Waals surface area contributed by atoms with Gasteiger partial charge in [-0.25, -0.2) is 9.97 Å². The molecule has 3 aromatic heterocycles. The number of nitrogens with one attached hydrogen (secondary N) is 1. The molecule has 0 aliphatic carbocycles. The number of thiazole rings is 1. The third kappa shape index (κ3) is 4.47. The summed E-state index contributed by atoms with van der Waals surface area (Å²) in [6.45, 7) is 2.11. The number of ether oxygens (including phenoxy) is 4. The maximum Gasteiger partial charge on any atom is 0.267 e. The van der Waals surface area contributed by atoms with Gasteiger partial charge in [0.05, 0.1) is 37.3 Å². The fourth-order valence-corrected chi connectivity index (χ4v) is 5.12. The van der Waals surface area contributed by atoms with E-state index in [0.29, 0.717) is 38.0 Å². The van der Waals surface area contributed by atoms with E-state index in [4.69, 9.17) is 18.9 Å². The van der Waals surface area contributed by atoms with E-state index in [1.165, 1.54) is 22.7 Å². The molecule has 0 bridgehead atoms. The molecule has 1 amide bonds. The lowest BCUT2D eigenvalue weighted by Gasteiger charge is -2.08. The highest BCUT2D eigenvalue weighted by molar-refractivity contribution is 7.21. The summed E-state index contributed by atoms with van der Waals surface area (Å²) in [5, 5.41) is 5.97. The molecule has 0 spiro atoms. The van der Waals surface area contributed by atoms with Crippen molar-refractivity contribution in [3.63, 3.8) is 0 Å². The predicted molar refractivity (Wildman–Crippen MR) is 128 cm³/mol. The molecule has 4 rings (SSSR count). The average Bonchev–Trinajstić information content (AvgIpc) is 3.42. The number of benzene rings is 1. The Labute approximate surface area is 198 Å². The van der Waals surface area contributed by atoms with Crippen LogP contribution in [0.15, 0.2) is 23.6 Å². The summed E-state index contributed by atoms with van der Waals surface area (Å²) in [4.78, 5) is 27.7. The number of fused-ring (bicyclic) bond motifs is 1. The Hall–Kier alpha value is -3.28. The first-order valence-electron chi connectivity index (χ1n) is 9.81. The van der Waals surface area contributed by atoms with Crippen LogP contribution in [0.5, 0.6) is 17.4 Å². The van der Waals surface area contributed by atoms with Crippen LogP contribution < -0.4 is 19.5 Å². The standard InChI is InChI=1S/C22H22N4O5S2/c1-11-17-20(31-5)24-16(9-28-2)25-21(17)33-18(11)19(27)26-22-23-13(10-32-22)12-6-7-14(29-3)15(8-12)30-4/h6-8,10H,9H2,1-5H3,(H,23,26,27). The molecule has 0 fully saturated rings. The summed E-state index contributed by atoms with van der Waals surface area (Å²) in [5.74, 6) is 1.90. The first-order chi connectivity index (χ1) is 16.0. The Bertz CT molecular complexity index is 1320. The molecule has 11 heteroatoms. The molecule has 1 N–H and O–H groups in total. The number of aromatic nitrogens is 3. The Morgan fingerprint density at radius 3 is 2.52 bits per heavy atom. The molecule has 0 atom stereocenters. The molecule has 172 valence electrons. The summed E-state index contributed by atoms with van der Waals surface area (Å²) in [6.07, 6.45) is 0. The summed E-state index contributed by atoms with van der Waals surface area (Å²) >= 11 is 2.62. The fraction of sp³-hybridized carbons (Fsp3) is 0.273. The van der Waals surface area contributed by atoms with E-state index in [-0.39, 0.29) is 12.5 Å². The molecule has 0 radical (unpaired) electrons. The van der Waals surface area contributed by atoms with Gasteiger partial charge in [-0.2, -0.15) is 4.98 Å². The number of aryl methyl sites for hydroxylation is 1. The maximum absolute atomic E-state index is 13.1. The monoisotopic (exact) mass is 486 g/mol. The van der Waals surface area contributed by atoms with Gasteiger partial charge in [-0.3, -0.25) is 10.1 Å². The minimum atomic E-state index is -0.265. The molecule has 0 saturated carbocycles. The second-order valence-corrected chi connectivity index (χ2v) is 8.74. The predicted octanol–water partition coefficient (Wildman–Crippen LogP) is 4.55. The van der Waals surface area contributed by atoms with E-state index in [1.807, 2.05) is 30.5 Å². The van der Waals surface area contributed by atoms with Crippen LogP contribution in [0, 0.1) is 6.92 Å². The van der Waals surface area contributed by atoms with Crippen molar-refractivity contribution < 1.29 is 23.7 Å². The highest BCUT2D eigenvalue weighted by atomic mass is 32.1. The van der Waals surface area contributed by atoms with Crippen LogP contribution in [0.3, 0.4) is 0 Å². The molecule has 1 aromatic carbocycles. The Kier molecular flexibility index (Phi) is 6.72. The number of hydrogen-bond donors (Lipinski definition) is 1. The van der Waals surface area contributed by atoms with Crippen LogP contribution in [-0.4, -0.2) is 49.3 Å². The van der Waals surface area contributed by atoms with Crippen molar-refractivity contribution in [3.8, 4) is 28.6 Å². The SMILES string of the molecule is COCc1nc(OC)c2c(C)c(C(=O)Nc3nc(-c4ccc(OC)c(OC)c4)cs3)sc2n1. The smallest absolute Gasteiger partial charge is 0.267 e. The van der Waals surface area contributed by atoms with Crippen LogP contribution in [0.25, 0.3) is 21.5 Å². The largest absolute Gasteiger partial charge is 0.493 e. The normalized spacial score (nSPS) is 10.9. The molecule has 0 aliphatic rings. The molecule has 0 saturated heterocycles. The highest BCUT2D eigenvalue weighted by Gasteiger charge is 2.22. The van der Waals surface area contributed by atoms with Crippen LogP contribution >= 0.6 is 22.7 Å². The van der Waals surface area contributed by atoms with Gasteiger partial charge < -0.3 is 18.9 Å². The van der Waals surface area contributed by atoms with E-state index >= 15 is 0 Å². The number of carbonyl (C=O) groups is 1. The summed E-state index contributed by atoms with van der Waals surface area (Å²) in [5.41, 5.74) is 2.33. The molecule has 4 aromatic rings.